The summed E-state index contributed by atoms with van der Waals surface area (Å²) < 4.78 is 1.13. The van der Waals surface area contributed by atoms with Crippen LogP contribution in [0.25, 0.3) is 0 Å². The summed E-state index contributed by atoms with van der Waals surface area (Å²) in [6, 6.07) is 8.51. The number of β-amino-alcohol motifs (C(OH)–C–C–N with tert-alkyl or cyclic N) is 1. The fourth-order valence-electron chi connectivity index (χ4n) is 3.46. The first-order chi connectivity index (χ1) is 11.7. The van der Waals surface area contributed by atoms with Crippen LogP contribution >= 0.6 is 39.9 Å². The third-order valence-electron chi connectivity index (χ3n) is 4.76. The molecule has 2 atom stereocenters. The average molecular weight is 523 g/mol. The molecule has 2 fully saturated rings. The number of likely N-dealkylation sites (tertiary alicyclic amines) is 1. The lowest BCUT2D eigenvalue weighted by atomic mass is 10.1. The number of guanidine groups is 1. The molecular formula is C18H28BrIN4O. The standard InChI is InChI=1S/C18H27BrN4O.HI/c1-2-20-18(23-9-7-17(24)13-23)21-11-14-6-8-22(12-14)16-5-3-4-15(19)10-16;/h3-5,10,14,17,24H,2,6-9,11-13H2,1H3,(H,20,21);1H/t14?,17-;/m1./s1. The molecule has 2 heterocycles. The highest BCUT2D eigenvalue weighted by Gasteiger charge is 2.25. The van der Waals surface area contributed by atoms with Crippen LogP contribution in [0.1, 0.15) is 19.8 Å². The lowest BCUT2D eigenvalue weighted by Crippen LogP contribution is -2.40. The number of nitrogens with one attached hydrogen (secondary N) is 1. The summed E-state index contributed by atoms with van der Waals surface area (Å²) in [6.07, 6.45) is 1.80. The van der Waals surface area contributed by atoms with Crippen molar-refractivity contribution in [3.63, 3.8) is 0 Å². The highest BCUT2D eigenvalue weighted by Crippen LogP contribution is 2.26. The molecule has 2 saturated heterocycles. The maximum absolute atomic E-state index is 9.74. The second-order valence-corrected chi connectivity index (χ2v) is 7.58. The van der Waals surface area contributed by atoms with Crippen LogP contribution in [-0.4, -0.2) is 61.3 Å². The van der Waals surface area contributed by atoms with Gasteiger partial charge in [0.15, 0.2) is 5.96 Å². The molecule has 140 valence electrons. The molecule has 0 aliphatic carbocycles. The minimum Gasteiger partial charge on any atom is -0.391 e. The number of rotatable bonds is 4. The molecule has 7 heteroatoms. The Hall–Kier alpha value is -0.540. The van der Waals surface area contributed by atoms with E-state index in [1.807, 2.05) is 0 Å². The second kappa shape index (κ2) is 9.97. The molecule has 0 aromatic heterocycles. The Morgan fingerprint density at radius 3 is 2.84 bits per heavy atom. The highest BCUT2D eigenvalue weighted by atomic mass is 127. The van der Waals surface area contributed by atoms with Gasteiger partial charge >= 0.3 is 0 Å². The van der Waals surface area contributed by atoms with Crippen molar-refractivity contribution in [2.45, 2.75) is 25.9 Å². The molecule has 3 rings (SSSR count). The van der Waals surface area contributed by atoms with Crippen LogP contribution < -0.4 is 10.2 Å². The first-order valence-electron chi connectivity index (χ1n) is 8.87. The molecular weight excluding hydrogens is 495 g/mol. The van der Waals surface area contributed by atoms with Crippen molar-refractivity contribution in [3.05, 3.63) is 28.7 Å². The van der Waals surface area contributed by atoms with Crippen LogP contribution in [0.5, 0.6) is 0 Å². The van der Waals surface area contributed by atoms with Crippen molar-refractivity contribution in [2.75, 3.05) is 44.2 Å². The van der Waals surface area contributed by atoms with Gasteiger partial charge in [0.2, 0.25) is 0 Å². The smallest absolute Gasteiger partial charge is 0.194 e. The average Bonchev–Trinajstić information content (AvgIpc) is 3.20. The van der Waals surface area contributed by atoms with Crippen LogP contribution in [0.3, 0.4) is 0 Å². The minimum atomic E-state index is -0.215. The van der Waals surface area contributed by atoms with Crippen LogP contribution in [0.4, 0.5) is 5.69 Å². The van der Waals surface area contributed by atoms with Gasteiger partial charge in [-0.25, -0.2) is 0 Å². The molecule has 5 nitrogen and oxygen atoms in total. The van der Waals surface area contributed by atoms with Gasteiger partial charge in [-0.1, -0.05) is 22.0 Å². The zero-order valence-electron chi connectivity index (χ0n) is 14.7. The van der Waals surface area contributed by atoms with Crippen molar-refractivity contribution in [1.82, 2.24) is 10.2 Å². The van der Waals surface area contributed by atoms with E-state index in [1.165, 1.54) is 12.1 Å². The molecule has 0 bridgehead atoms. The van der Waals surface area contributed by atoms with Crippen LogP contribution in [0.15, 0.2) is 33.7 Å². The number of aliphatic imine (C=N–C) groups is 1. The maximum atomic E-state index is 9.74. The molecule has 0 saturated carbocycles. The van der Waals surface area contributed by atoms with Crippen molar-refractivity contribution in [2.24, 2.45) is 10.9 Å². The summed E-state index contributed by atoms with van der Waals surface area (Å²) in [5.74, 6) is 1.54. The van der Waals surface area contributed by atoms with Gasteiger partial charge in [0.05, 0.1) is 6.10 Å². The third-order valence-corrected chi connectivity index (χ3v) is 5.25. The summed E-state index contributed by atoms with van der Waals surface area (Å²) in [6.45, 7) is 7.53. The van der Waals surface area contributed by atoms with Crippen molar-refractivity contribution in [3.8, 4) is 0 Å². The summed E-state index contributed by atoms with van der Waals surface area (Å²) in [5, 5.41) is 13.1. The van der Waals surface area contributed by atoms with Crippen molar-refractivity contribution < 1.29 is 5.11 Å². The predicted octanol–water partition coefficient (Wildman–Crippen LogP) is 2.93. The Bertz CT molecular complexity index is 586. The number of benzene rings is 1. The quantitative estimate of drug-likeness (QED) is 0.362. The molecule has 0 radical (unpaired) electrons. The number of halogens is 2. The van der Waals surface area contributed by atoms with Gasteiger partial charge in [-0.2, -0.15) is 0 Å². The molecule has 1 aromatic carbocycles. The summed E-state index contributed by atoms with van der Waals surface area (Å²) in [7, 11) is 0. The van der Waals surface area contributed by atoms with Gasteiger partial charge < -0.3 is 20.2 Å². The number of anilines is 1. The van der Waals surface area contributed by atoms with Gasteiger partial charge in [0.25, 0.3) is 0 Å². The van der Waals surface area contributed by atoms with E-state index in [-0.39, 0.29) is 30.1 Å². The summed E-state index contributed by atoms with van der Waals surface area (Å²) in [4.78, 5) is 9.46. The number of hydrogen-bond acceptors (Lipinski definition) is 3. The first-order valence-corrected chi connectivity index (χ1v) is 9.67. The zero-order valence-corrected chi connectivity index (χ0v) is 18.6. The van der Waals surface area contributed by atoms with Crippen molar-refractivity contribution >= 4 is 51.6 Å². The molecule has 2 aliphatic rings. The van der Waals surface area contributed by atoms with Gasteiger partial charge in [0, 0.05) is 49.4 Å². The molecule has 1 unspecified atom stereocenters. The van der Waals surface area contributed by atoms with Gasteiger partial charge in [-0.3, -0.25) is 4.99 Å². The second-order valence-electron chi connectivity index (χ2n) is 6.66. The lowest BCUT2D eigenvalue weighted by molar-refractivity contribution is 0.187. The Kier molecular flexibility index (Phi) is 8.28. The van der Waals surface area contributed by atoms with Crippen LogP contribution in [0, 0.1) is 5.92 Å². The highest BCUT2D eigenvalue weighted by molar-refractivity contribution is 14.0. The first kappa shape index (κ1) is 20.8. The van der Waals surface area contributed by atoms with E-state index in [4.69, 9.17) is 4.99 Å². The minimum absolute atomic E-state index is 0. The molecule has 1 aromatic rings. The van der Waals surface area contributed by atoms with E-state index in [9.17, 15) is 5.11 Å². The third kappa shape index (κ3) is 5.72. The van der Waals surface area contributed by atoms with Crippen molar-refractivity contribution in [1.29, 1.82) is 0 Å². The summed E-state index contributed by atoms with van der Waals surface area (Å²) in [5.41, 5.74) is 1.28. The molecule has 2 N–H and O–H groups in total. The van der Waals surface area contributed by atoms with E-state index >= 15 is 0 Å². The largest absolute Gasteiger partial charge is 0.391 e. The van der Waals surface area contributed by atoms with Gasteiger partial charge in [0.1, 0.15) is 0 Å². The Balaban J connectivity index is 0.00000225. The van der Waals surface area contributed by atoms with E-state index in [1.54, 1.807) is 0 Å². The lowest BCUT2D eigenvalue weighted by Gasteiger charge is -2.22. The Morgan fingerprint density at radius 2 is 2.16 bits per heavy atom. The van der Waals surface area contributed by atoms with E-state index < -0.39 is 0 Å². The van der Waals surface area contributed by atoms with E-state index in [2.05, 4.69) is 62.2 Å². The Morgan fingerprint density at radius 1 is 1.32 bits per heavy atom. The van der Waals surface area contributed by atoms with Crippen LogP contribution in [0.2, 0.25) is 0 Å². The number of aliphatic hydroxyl groups excluding tert-OH is 1. The van der Waals surface area contributed by atoms with Crippen LogP contribution in [-0.2, 0) is 0 Å². The number of aliphatic hydroxyl groups is 1. The molecule has 25 heavy (non-hydrogen) atoms. The maximum Gasteiger partial charge on any atom is 0.194 e. The van der Waals surface area contributed by atoms with Gasteiger partial charge in [-0.05, 0) is 43.9 Å². The Labute approximate surface area is 176 Å². The monoisotopic (exact) mass is 522 g/mol. The summed E-state index contributed by atoms with van der Waals surface area (Å²) >= 11 is 3.55. The SMILES string of the molecule is CCNC(=NCC1CCN(c2cccc(Br)c2)C1)N1CC[C@@H](O)C1.I. The normalized spacial score (nSPS) is 23.7. The zero-order chi connectivity index (χ0) is 16.9. The van der Waals surface area contributed by atoms with E-state index in [0.717, 1.165) is 49.6 Å². The topological polar surface area (TPSA) is 51.1 Å². The molecule has 0 amide bonds. The molecule has 2 aliphatic heterocycles. The van der Waals surface area contributed by atoms with E-state index in [0.29, 0.717) is 12.5 Å². The number of nitrogens with zero attached hydrogens (tertiary/aromatic N) is 3. The molecule has 0 spiro atoms. The predicted molar refractivity (Wildman–Crippen MR) is 118 cm³/mol. The number of hydrogen-bond donors (Lipinski definition) is 2. The fourth-order valence-corrected chi connectivity index (χ4v) is 3.85. The fraction of sp³-hybridized carbons (Fsp3) is 0.611. The van der Waals surface area contributed by atoms with Gasteiger partial charge in [-0.15, -0.1) is 24.0 Å².